The molecule has 0 amide bonds. The second-order valence-corrected chi connectivity index (χ2v) is 4.14. The number of nitrogen functional groups attached to an aromatic ring is 1. The standard InChI is InChI=1S/C12H17NO4/c13-8-1-3-9(4-2-8)16-12-11(15)6-5-10(7-14)17-12/h1-4,10-12,14-15H,5-7,13H2/t10-,11+,12+/m0/s1. The molecule has 1 aromatic rings. The number of rotatable bonds is 3. The second-order valence-electron chi connectivity index (χ2n) is 4.14. The van der Waals surface area contributed by atoms with E-state index in [4.69, 9.17) is 20.3 Å². The fourth-order valence-corrected chi connectivity index (χ4v) is 1.76. The summed E-state index contributed by atoms with van der Waals surface area (Å²) in [4.78, 5) is 0. The maximum Gasteiger partial charge on any atom is 0.226 e. The van der Waals surface area contributed by atoms with Gasteiger partial charge in [0.15, 0.2) is 0 Å². The SMILES string of the molecule is Nc1ccc(O[C@@H]2O[C@H](CO)CC[C@H]2O)cc1. The fourth-order valence-electron chi connectivity index (χ4n) is 1.76. The van der Waals surface area contributed by atoms with Gasteiger partial charge in [-0.3, -0.25) is 0 Å². The van der Waals surface area contributed by atoms with Crippen LogP contribution in [-0.4, -0.2) is 35.3 Å². The topological polar surface area (TPSA) is 84.9 Å². The van der Waals surface area contributed by atoms with Crippen LogP contribution in [0, 0.1) is 0 Å². The quantitative estimate of drug-likeness (QED) is 0.669. The Hall–Kier alpha value is -1.30. The van der Waals surface area contributed by atoms with Gasteiger partial charge in [0.1, 0.15) is 11.9 Å². The van der Waals surface area contributed by atoms with Crippen molar-refractivity contribution < 1.29 is 19.7 Å². The number of aliphatic hydroxyl groups excluding tert-OH is 2. The monoisotopic (exact) mass is 239 g/mol. The summed E-state index contributed by atoms with van der Waals surface area (Å²) in [5.74, 6) is 0.585. The van der Waals surface area contributed by atoms with Crippen LogP contribution in [0.15, 0.2) is 24.3 Å². The number of benzene rings is 1. The van der Waals surface area contributed by atoms with E-state index in [2.05, 4.69) is 0 Å². The third-order valence-corrected chi connectivity index (χ3v) is 2.76. The third-order valence-electron chi connectivity index (χ3n) is 2.76. The summed E-state index contributed by atoms with van der Waals surface area (Å²) in [6, 6.07) is 6.87. The number of aliphatic hydroxyl groups is 2. The summed E-state index contributed by atoms with van der Waals surface area (Å²) < 4.78 is 10.9. The lowest BCUT2D eigenvalue weighted by Crippen LogP contribution is -2.43. The smallest absolute Gasteiger partial charge is 0.226 e. The van der Waals surface area contributed by atoms with Crippen LogP contribution in [0.1, 0.15) is 12.8 Å². The number of hydrogen-bond donors (Lipinski definition) is 3. The molecule has 4 N–H and O–H groups in total. The van der Waals surface area contributed by atoms with Crippen molar-refractivity contribution >= 4 is 5.69 Å². The van der Waals surface area contributed by atoms with Gasteiger partial charge in [-0.25, -0.2) is 0 Å². The highest BCUT2D eigenvalue weighted by molar-refractivity contribution is 5.41. The molecule has 2 rings (SSSR count). The van der Waals surface area contributed by atoms with E-state index in [-0.39, 0.29) is 12.7 Å². The average molecular weight is 239 g/mol. The Bertz CT molecular complexity index is 354. The summed E-state index contributed by atoms with van der Waals surface area (Å²) in [6.07, 6.45) is -0.471. The lowest BCUT2D eigenvalue weighted by Gasteiger charge is -2.32. The zero-order valence-electron chi connectivity index (χ0n) is 9.45. The van der Waals surface area contributed by atoms with Crippen LogP contribution in [0.4, 0.5) is 5.69 Å². The van der Waals surface area contributed by atoms with Gasteiger partial charge in [0.2, 0.25) is 6.29 Å². The van der Waals surface area contributed by atoms with Gasteiger partial charge in [0.05, 0.1) is 12.7 Å². The first-order valence-corrected chi connectivity index (χ1v) is 5.65. The maximum atomic E-state index is 9.74. The number of anilines is 1. The van der Waals surface area contributed by atoms with Crippen LogP contribution in [0.2, 0.25) is 0 Å². The molecule has 0 aliphatic carbocycles. The molecule has 1 saturated heterocycles. The van der Waals surface area contributed by atoms with Gasteiger partial charge in [-0.1, -0.05) is 0 Å². The fraction of sp³-hybridized carbons (Fsp3) is 0.500. The highest BCUT2D eigenvalue weighted by atomic mass is 16.7. The van der Waals surface area contributed by atoms with E-state index in [0.29, 0.717) is 24.3 Å². The molecule has 3 atom stereocenters. The third kappa shape index (κ3) is 3.09. The van der Waals surface area contributed by atoms with Gasteiger partial charge in [0, 0.05) is 5.69 Å². The molecule has 94 valence electrons. The van der Waals surface area contributed by atoms with Crippen molar-refractivity contribution in [1.82, 2.24) is 0 Å². The van der Waals surface area contributed by atoms with E-state index >= 15 is 0 Å². The molecule has 1 fully saturated rings. The molecular formula is C12H17NO4. The van der Waals surface area contributed by atoms with Crippen LogP contribution in [-0.2, 0) is 4.74 Å². The van der Waals surface area contributed by atoms with Gasteiger partial charge in [-0.15, -0.1) is 0 Å². The van der Waals surface area contributed by atoms with Crippen molar-refractivity contribution in [2.75, 3.05) is 12.3 Å². The summed E-state index contributed by atoms with van der Waals surface area (Å²) in [5.41, 5.74) is 6.21. The molecule has 1 aromatic carbocycles. The normalized spacial score (nSPS) is 28.9. The predicted molar refractivity (Wildman–Crippen MR) is 62.5 cm³/mol. The van der Waals surface area contributed by atoms with Crippen LogP contribution >= 0.6 is 0 Å². The highest BCUT2D eigenvalue weighted by Crippen LogP contribution is 2.23. The van der Waals surface area contributed by atoms with E-state index in [9.17, 15) is 5.11 Å². The molecule has 1 aliphatic heterocycles. The first-order chi connectivity index (χ1) is 8.19. The minimum Gasteiger partial charge on any atom is -0.462 e. The Balaban J connectivity index is 1.98. The number of hydrogen-bond acceptors (Lipinski definition) is 5. The summed E-state index contributed by atoms with van der Waals surface area (Å²) in [6.45, 7) is -0.0612. The van der Waals surface area contributed by atoms with Gasteiger partial charge >= 0.3 is 0 Å². The predicted octanol–water partition coefficient (Wildman–Crippen LogP) is 0.506. The van der Waals surface area contributed by atoms with Crippen LogP contribution < -0.4 is 10.5 Å². The number of nitrogens with two attached hydrogens (primary N) is 1. The lowest BCUT2D eigenvalue weighted by molar-refractivity contribution is -0.208. The molecule has 1 aliphatic rings. The first-order valence-electron chi connectivity index (χ1n) is 5.65. The maximum absolute atomic E-state index is 9.74. The Kier molecular flexibility index (Phi) is 3.83. The van der Waals surface area contributed by atoms with Crippen LogP contribution in [0.25, 0.3) is 0 Å². The number of ether oxygens (including phenoxy) is 2. The summed E-state index contributed by atoms with van der Waals surface area (Å²) in [5, 5.41) is 18.8. The molecule has 17 heavy (non-hydrogen) atoms. The minimum absolute atomic E-state index is 0.0612. The molecule has 0 radical (unpaired) electrons. The van der Waals surface area contributed by atoms with Gasteiger partial charge in [0.25, 0.3) is 0 Å². The highest BCUT2D eigenvalue weighted by Gasteiger charge is 2.31. The van der Waals surface area contributed by atoms with Gasteiger partial charge in [-0.2, -0.15) is 0 Å². The molecular weight excluding hydrogens is 222 g/mol. The van der Waals surface area contributed by atoms with E-state index in [0.717, 1.165) is 0 Å². The lowest BCUT2D eigenvalue weighted by atomic mass is 10.1. The molecule has 0 unspecified atom stereocenters. The van der Waals surface area contributed by atoms with Crippen molar-refractivity contribution in [2.45, 2.75) is 31.3 Å². The van der Waals surface area contributed by atoms with Crippen molar-refractivity contribution in [2.24, 2.45) is 0 Å². The zero-order valence-corrected chi connectivity index (χ0v) is 9.45. The zero-order chi connectivity index (χ0) is 12.3. The Labute approximate surface area is 99.8 Å². The summed E-state index contributed by atoms with van der Waals surface area (Å²) >= 11 is 0. The Morgan fingerprint density at radius 1 is 1.29 bits per heavy atom. The largest absolute Gasteiger partial charge is 0.462 e. The van der Waals surface area contributed by atoms with Gasteiger partial charge < -0.3 is 25.4 Å². The molecule has 5 nitrogen and oxygen atoms in total. The average Bonchev–Trinajstić information content (AvgIpc) is 2.35. The minimum atomic E-state index is -0.732. The molecule has 1 heterocycles. The van der Waals surface area contributed by atoms with Crippen molar-refractivity contribution in [3.8, 4) is 5.75 Å². The molecule has 0 aromatic heterocycles. The molecule has 0 saturated carbocycles. The van der Waals surface area contributed by atoms with E-state index in [1.165, 1.54) is 0 Å². The van der Waals surface area contributed by atoms with Crippen molar-refractivity contribution in [3.63, 3.8) is 0 Å². The van der Waals surface area contributed by atoms with E-state index < -0.39 is 12.4 Å². The second kappa shape index (κ2) is 5.35. The Morgan fingerprint density at radius 2 is 2.00 bits per heavy atom. The van der Waals surface area contributed by atoms with Crippen LogP contribution in [0.5, 0.6) is 5.75 Å². The van der Waals surface area contributed by atoms with Crippen molar-refractivity contribution in [1.29, 1.82) is 0 Å². The molecule has 0 bridgehead atoms. The van der Waals surface area contributed by atoms with Crippen LogP contribution in [0.3, 0.4) is 0 Å². The Morgan fingerprint density at radius 3 is 2.65 bits per heavy atom. The summed E-state index contributed by atoms with van der Waals surface area (Å²) in [7, 11) is 0. The molecule has 5 heteroatoms. The van der Waals surface area contributed by atoms with E-state index in [1.807, 2.05) is 0 Å². The van der Waals surface area contributed by atoms with E-state index in [1.54, 1.807) is 24.3 Å². The first kappa shape index (κ1) is 12.2. The van der Waals surface area contributed by atoms with Gasteiger partial charge in [-0.05, 0) is 37.1 Å². The molecule has 0 spiro atoms. The van der Waals surface area contributed by atoms with Crippen molar-refractivity contribution in [3.05, 3.63) is 24.3 Å².